The molecule has 126 valence electrons. The molecule has 2 aromatic carbocycles. The number of thioether (sulfide) groups is 1. The monoisotopic (exact) mass is 370 g/mol. The summed E-state index contributed by atoms with van der Waals surface area (Å²) in [4.78, 5) is 25.4. The van der Waals surface area contributed by atoms with Crippen molar-refractivity contribution in [3.63, 3.8) is 0 Å². The zero-order valence-corrected chi connectivity index (χ0v) is 15.0. The van der Waals surface area contributed by atoms with Gasteiger partial charge in [0, 0.05) is 6.07 Å². The van der Waals surface area contributed by atoms with E-state index in [2.05, 4.69) is 0 Å². The van der Waals surface area contributed by atoms with E-state index in [0.29, 0.717) is 14.8 Å². The van der Waals surface area contributed by atoms with Crippen molar-refractivity contribution < 1.29 is 9.72 Å². The quantitative estimate of drug-likeness (QED) is 0.342. The predicted octanol–water partition coefficient (Wildman–Crippen LogP) is 4.56. The number of amides is 1. The van der Waals surface area contributed by atoms with Gasteiger partial charge in [-0.3, -0.25) is 19.8 Å². The molecule has 0 saturated carbocycles. The van der Waals surface area contributed by atoms with Gasteiger partial charge in [0.15, 0.2) is 4.32 Å². The van der Waals surface area contributed by atoms with Crippen LogP contribution in [-0.2, 0) is 11.2 Å². The lowest BCUT2D eigenvalue weighted by Crippen LogP contribution is -2.28. The minimum Gasteiger partial charge on any atom is -0.268 e. The average Bonchev–Trinajstić information content (AvgIpc) is 2.88. The highest BCUT2D eigenvalue weighted by Crippen LogP contribution is 2.38. The number of thiocarbonyl (C=S) groups is 1. The fourth-order valence-corrected chi connectivity index (χ4v) is 3.90. The fraction of sp³-hybridized carbons (Fsp3) is 0.111. The second-order valence-electron chi connectivity index (χ2n) is 5.32. The van der Waals surface area contributed by atoms with Crippen molar-refractivity contribution in [3.8, 4) is 0 Å². The highest BCUT2D eigenvalue weighted by molar-refractivity contribution is 8.27. The lowest BCUT2D eigenvalue weighted by Gasteiger charge is -2.18. The van der Waals surface area contributed by atoms with Crippen LogP contribution in [0.25, 0.3) is 6.08 Å². The largest absolute Gasteiger partial charge is 0.276 e. The van der Waals surface area contributed by atoms with Gasteiger partial charge in [0.25, 0.3) is 11.6 Å². The Morgan fingerprint density at radius 3 is 2.60 bits per heavy atom. The third-order valence-corrected chi connectivity index (χ3v) is 5.13. The van der Waals surface area contributed by atoms with Gasteiger partial charge < -0.3 is 0 Å². The maximum atomic E-state index is 12.8. The van der Waals surface area contributed by atoms with Gasteiger partial charge >= 0.3 is 0 Å². The molecule has 5 nitrogen and oxygen atoms in total. The summed E-state index contributed by atoms with van der Waals surface area (Å²) in [5, 5.41) is 11.2. The molecular weight excluding hydrogens is 356 g/mol. The first-order valence-corrected chi connectivity index (χ1v) is 8.84. The molecule has 1 aliphatic heterocycles. The summed E-state index contributed by atoms with van der Waals surface area (Å²) in [5.41, 5.74) is 2.13. The molecule has 0 spiro atoms. The Bertz CT molecular complexity index is 909. The SMILES string of the molecule is CCc1ccccc1N1C(=O)C(=Cc2ccccc2[N+](=O)[O-])SC1=S. The zero-order chi connectivity index (χ0) is 18.0. The summed E-state index contributed by atoms with van der Waals surface area (Å²) < 4.78 is 0.427. The zero-order valence-electron chi connectivity index (χ0n) is 13.3. The van der Waals surface area contributed by atoms with Gasteiger partial charge in [0.2, 0.25) is 0 Å². The van der Waals surface area contributed by atoms with Crippen LogP contribution in [0.15, 0.2) is 53.4 Å². The van der Waals surface area contributed by atoms with E-state index < -0.39 is 4.92 Å². The molecule has 0 radical (unpaired) electrons. The predicted molar refractivity (Wildman–Crippen MR) is 105 cm³/mol. The molecule has 3 rings (SSSR count). The molecule has 0 unspecified atom stereocenters. The Morgan fingerprint density at radius 1 is 1.20 bits per heavy atom. The molecular formula is C18H14N2O3S2. The molecule has 1 aliphatic rings. The lowest BCUT2D eigenvalue weighted by atomic mass is 10.1. The number of nitro groups is 1. The Balaban J connectivity index is 2.01. The van der Waals surface area contributed by atoms with Crippen LogP contribution in [0.1, 0.15) is 18.1 Å². The van der Waals surface area contributed by atoms with Crippen molar-refractivity contribution in [1.82, 2.24) is 0 Å². The summed E-state index contributed by atoms with van der Waals surface area (Å²) in [6, 6.07) is 13.9. The number of aryl methyl sites for hydroxylation is 1. The highest BCUT2D eigenvalue weighted by Gasteiger charge is 2.34. The number of para-hydroxylation sites is 2. The van der Waals surface area contributed by atoms with Crippen LogP contribution in [0, 0.1) is 10.1 Å². The highest BCUT2D eigenvalue weighted by atomic mass is 32.2. The normalized spacial score (nSPS) is 15.9. The van der Waals surface area contributed by atoms with Gasteiger partial charge in [-0.1, -0.05) is 61.2 Å². The Labute approximate surface area is 154 Å². The number of anilines is 1. The average molecular weight is 370 g/mol. The van der Waals surface area contributed by atoms with Crippen molar-refractivity contribution in [2.45, 2.75) is 13.3 Å². The van der Waals surface area contributed by atoms with Crippen molar-refractivity contribution in [2.24, 2.45) is 0 Å². The molecule has 0 N–H and O–H groups in total. The summed E-state index contributed by atoms with van der Waals surface area (Å²) in [7, 11) is 0. The fourth-order valence-electron chi connectivity index (χ4n) is 2.62. The molecule has 0 atom stereocenters. The van der Waals surface area contributed by atoms with Gasteiger partial charge in [-0.15, -0.1) is 0 Å². The molecule has 1 fully saturated rings. The van der Waals surface area contributed by atoms with Crippen LogP contribution in [0.3, 0.4) is 0 Å². The Hall–Kier alpha value is -2.51. The summed E-state index contributed by atoms with van der Waals surface area (Å²) in [6.45, 7) is 2.01. The van der Waals surface area contributed by atoms with Gasteiger partial charge in [0.05, 0.1) is 21.1 Å². The van der Waals surface area contributed by atoms with Gasteiger partial charge in [0.1, 0.15) is 0 Å². The molecule has 0 bridgehead atoms. The second-order valence-corrected chi connectivity index (χ2v) is 6.99. The van der Waals surface area contributed by atoms with E-state index in [1.807, 2.05) is 31.2 Å². The maximum Gasteiger partial charge on any atom is 0.276 e. The van der Waals surface area contributed by atoms with Crippen LogP contribution in [-0.4, -0.2) is 15.2 Å². The Kier molecular flexibility index (Phi) is 4.96. The molecule has 2 aromatic rings. The van der Waals surface area contributed by atoms with Crippen molar-refractivity contribution >= 4 is 51.7 Å². The summed E-state index contributed by atoms with van der Waals surface area (Å²) in [5.74, 6) is -0.256. The van der Waals surface area contributed by atoms with Crippen LogP contribution >= 0.6 is 24.0 Å². The number of hydrogen-bond acceptors (Lipinski definition) is 5. The number of carbonyl (C=O) groups excluding carboxylic acids is 1. The minimum absolute atomic E-state index is 0.0401. The first kappa shape index (κ1) is 17.3. The summed E-state index contributed by atoms with van der Waals surface area (Å²) in [6.07, 6.45) is 2.31. The van der Waals surface area contributed by atoms with E-state index in [1.54, 1.807) is 18.2 Å². The van der Waals surface area contributed by atoms with Crippen LogP contribution < -0.4 is 4.90 Å². The maximum absolute atomic E-state index is 12.8. The van der Waals surface area contributed by atoms with E-state index in [4.69, 9.17) is 12.2 Å². The van der Waals surface area contributed by atoms with Crippen LogP contribution in [0.4, 0.5) is 11.4 Å². The van der Waals surface area contributed by atoms with E-state index in [9.17, 15) is 14.9 Å². The summed E-state index contributed by atoms with van der Waals surface area (Å²) >= 11 is 6.54. The van der Waals surface area contributed by atoms with E-state index >= 15 is 0 Å². The smallest absolute Gasteiger partial charge is 0.268 e. The van der Waals surface area contributed by atoms with Crippen molar-refractivity contribution in [2.75, 3.05) is 4.90 Å². The lowest BCUT2D eigenvalue weighted by molar-refractivity contribution is -0.385. The van der Waals surface area contributed by atoms with Gasteiger partial charge in [-0.2, -0.15) is 0 Å². The first-order valence-electron chi connectivity index (χ1n) is 7.62. The van der Waals surface area contributed by atoms with E-state index in [0.717, 1.165) is 29.4 Å². The Morgan fingerprint density at radius 2 is 1.88 bits per heavy atom. The molecule has 7 heteroatoms. The third kappa shape index (κ3) is 3.33. The molecule has 1 saturated heterocycles. The number of benzene rings is 2. The van der Waals surface area contributed by atoms with Crippen LogP contribution in [0.2, 0.25) is 0 Å². The molecule has 0 aliphatic carbocycles. The first-order chi connectivity index (χ1) is 12.0. The number of nitrogens with zero attached hydrogens (tertiary/aromatic N) is 2. The van der Waals surface area contributed by atoms with Crippen LogP contribution in [0.5, 0.6) is 0 Å². The molecule has 25 heavy (non-hydrogen) atoms. The standard InChI is InChI=1S/C18H14N2O3S2/c1-2-12-7-3-5-9-14(12)19-17(21)16(25-18(19)24)11-13-8-4-6-10-15(13)20(22)23/h3-11H,2H2,1H3. The number of nitro benzene ring substituents is 1. The molecule has 1 heterocycles. The third-order valence-electron chi connectivity index (χ3n) is 3.83. The molecule has 1 amide bonds. The van der Waals surface area contributed by atoms with Crippen molar-refractivity contribution in [3.05, 3.63) is 74.7 Å². The number of carbonyl (C=O) groups is 1. The van der Waals surface area contributed by atoms with E-state index in [1.165, 1.54) is 17.0 Å². The van der Waals surface area contributed by atoms with Gasteiger partial charge in [-0.25, -0.2) is 0 Å². The van der Waals surface area contributed by atoms with Crippen molar-refractivity contribution in [1.29, 1.82) is 0 Å². The molecule has 0 aromatic heterocycles. The van der Waals surface area contributed by atoms with E-state index in [-0.39, 0.29) is 11.6 Å². The second kappa shape index (κ2) is 7.16. The number of rotatable bonds is 4. The minimum atomic E-state index is -0.459. The van der Waals surface area contributed by atoms with Gasteiger partial charge in [-0.05, 0) is 30.2 Å². The topological polar surface area (TPSA) is 63.5 Å². The number of hydrogen-bond donors (Lipinski definition) is 0.